The van der Waals surface area contributed by atoms with Gasteiger partial charge in [0.2, 0.25) is 0 Å². The molecule has 0 spiro atoms. The summed E-state index contributed by atoms with van der Waals surface area (Å²) in [6, 6.07) is 7.83. The van der Waals surface area contributed by atoms with Crippen LogP contribution < -0.4 is 10.5 Å². The molecular weight excluding hydrogens is 268 g/mol. The Hall–Kier alpha value is -1.92. The highest BCUT2D eigenvalue weighted by atomic mass is 16.5. The second kappa shape index (κ2) is 5.13. The summed E-state index contributed by atoms with van der Waals surface area (Å²) in [6.45, 7) is 5.54. The highest BCUT2D eigenvalue weighted by molar-refractivity contribution is 5.48. The van der Waals surface area contributed by atoms with E-state index in [-0.39, 0.29) is 5.56 Å². The van der Waals surface area contributed by atoms with E-state index in [2.05, 4.69) is 14.8 Å². The molecule has 110 valence electrons. The van der Waals surface area contributed by atoms with Crippen molar-refractivity contribution in [1.29, 1.82) is 0 Å². The molecule has 2 saturated heterocycles. The van der Waals surface area contributed by atoms with Crippen LogP contribution >= 0.6 is 0 Å². The van der Waals surface area contributed by atoms with Gasteiger partial charge in [-0.2, -0.15) is 0 Å². The first kappa shape index (κ1) is 12.8. The van der Waals surface area contributed by atoms with Gasteiger partial charge in [-0.05, 0) is 12.1 Å². The van der Waals surface area contributed by atoms with Crippen LogP contribution in [0.25, 0.3) is 5.65 Å². The van der Waals surface area contributed by atoms with Crippen molar-refractivity contribution in [2.45, 2.75) is 6.04 Å². The minimum atomic E-state index is -0.0228. The van der Waals surface area contributed by atoms with E-state index in [1.54, 1.807) is 16.7 Å². The van der Waals surface area contributed by atoms with Crippen LogP contribution in [0.1, 0.15) is 0 Å². The van der Waals surface area contributed by atoms with E-state index in [0.717, 1.165) is 45.2 Å². The van der Waals surface area contributed by atoms with Crippen molar-refractivity contribution in [3.05, 3.63) is 40.8 Å². The van der Waals surface area contributed by atoms with Gasteiger partial charge in [0, 0.05) is 38.4 Å². The number of piperazine rings is 1. The zero-order chi connectivity index (χ0) is 14.2. The predicted molar refractivity (Wildman–Crippen MR) is 79.9 cm³/mol. The largest absolute Gasteiger partial charge is 0.378 e. The van der Waals surface area contributed by atoms with Crippen molar-refractivity contribution < 1.29 is 4.74 Å². The van der Waals surface area contributed by atoms with E-state index < -0.39 is 0 Å². The third kappa shape index (κ3) is 2.30. The lowest BCUT2D eigenvalue weighted by Crippen LogP contribution is -2.56. The van der Waals surface area contributed by atoms with Gasteiger partial charge in [0.25, 0.3) is 5.56 Å². The van der Waals surface area contributed by atoms with E-state index in [1.807, 2.05) is 18.2 Å². The second-order valence-electron chi connectivity index (χ2n) is 5.60. The Balaban J connectivity index is 1.55. The number of nitrogens with zero attached hydrogens (tertiary/aromatic N) is 4. The van der Waals surface area contributed by atoms with Crippen LogP contribution in [0.3, 0.4) is 0 Å². The van der Waals surface area contributed by atoms with E-state index in [4.69, 9.17) is 4.74 Å². The third-order valence-corrected chi connectivity index (χ3v) is 4.33. The maximum atomic E-state index is 12.1. The van der Waals surface area contributed by atoms with Crippen LogP contribution in [0.2, 0.25) is 0 Å². The fraction of sp³-hybridized carbons (Fsp3) is 0.467. The lowest BCUT2D eigenvalue weighted by Gasteiger charge is -2.42. The molecule has 0 radical (unpaired) electrons. The first-order chi connectivity index (χ1) is 10.3. The van der Waals surface area contributed by atoms with Gasteiger partial charge in [0.15, 0.2) is 0 Å². The van der Waals surface area contributed by atoms with Gasteiger partial charge in [-0.3, -0.25) is 14.1 Å². The van der Waals surface area contributed by atoms with Crippen LogP contribution in [-0.2, 0) is 4.74 Å². The van der Waals surface area contributed by atoms with Crippen LogP contribution in [0.5, 0.6) is 0 Å². The van der Waals surface area contributed by atoms with Crippen molar-refractivity contribution in [3.8, 4) is 0 Å². The number of anilines is 1. The lowest BCUT2D eigenvalue weighted by atomic mass is 10.2. The standard InChI is InChI=1S/C15H18N4O2/c20-15-9-14(16-13-3-1-2-4-19(13)15)18-7-5-17(6-8-18)12-10-21-11-12/h1-4,9,12H,5-8,10-11H2. The van der Waals surface area contributed by atoms with Gasteiger partial charge >= 0.3 is 0 Å². The number of fused-ring (bicyclic) bond motifs is 1. The SMILES string of the molecule is O=c1cc(N2CCN(C3COC3)CC2)nc2ccccn12. The Labute approximate surface area is 122 Å². The molecule has 0 bridgehead atoms. The summed E-state index contributed by atoms with van der Waals surface area (Å²) in [5, 5.41) is 0. The molecule has 0 atom stereocenters. The zero-order valence-electron chi connectivity index (χ0n) is 11.8. The van der Waals surface area contributed by atoms with Gasteiger partial charge in [0.1, 0.15) is 11.5 Å². The molecule has 4 heterocycles. The molecule has 2 aliphatic heterocycles. The number of hydrogen-bond donors (Lipinski definition) is 0. The van der Waals surface area contributed by atoms with Crippen molar-refractivity contribution in [2.75, 3.05) is 44.3 Å². The molecule has 2 fully saturated rings. The topological polar surface area (TPSA) is 50.1 Å². The normalized spacial score (nSPS) is 20.7. The minimum Gasteiger partial charge on any atom is -0.378 e. The molecule has 6 heteroatoms. The first-order valence-electron chi connectivity index (χ1n) is 7.36. The van der Waals surface area contributed by atoms with Gasteiger partial charge in [-0.25, -0.2) is 4.98 Å². The van der Waals surface area contributed by atoms with Crippen LogP contribution in [0.15, 0.2) is 35.3 Å². The average molecular weight is 286 g/mol. The average Bonchev–Trinajstić information content (AvgIpc) is 2.46. The summed E-state index contributed by atoms with van der Waals surface area (Å²) in [6.07, 6.45) is 1.75. The Bertz CT molecular complexity index is 702. The highest BCUT2D eigenvalue weighted by Crippen LogP contribution is 2.17. The Kier molecular flexibility index (Phi) is 3.12. The van der Waals surface area contributed by atoms with Crippen molar-refractivity contribution >= 4 is 11.5 Å². The second-order valence-corrected chi connectivity index (χ2v) is 5.60. The molecule has 2 aliphatic rings. The molecule has 2 aromatic heterocycles. The van der Waals surface area contributed by atoms with E-state index in [1.165, 1.54) is 0 Å². The quantitative estimate of drug-likeness (QED) is 0.790. The van der Waals surface area contributed by atoms with E-state index in [9.17, 15) is 4.79 Å². The molecule has 0 aromatic carbocycles. The van der Waals surface area contributed by atoms with Gasteiger partial charge in [-0.1, -0.05) is 6.07 Å². The molecule has 0 amide bonds. The number of pyridine rings is 1. The molecule has 4 rings (SSSR count). The summed E-state index contributed by atoms with van der Waals surface area (Å²) in [5.74, 6) is 0.788. The highest BCUT2D eigenvalue weighted by Gasteiger charge is 2.29. The Morgan fingerprint density at radius 2 is 1.95 bits per heavy atom. The minimum absolute atomic E-state index is 0.0228. The summed E-state index contributed by atoms with van der Waals surface area (Å²) < 4.78 is 6.83. The maximum Gasteiger partial charge on any atom is 0.259 e. The smallest absolute Gasteiger partial charge is 0.259 e. The molecule has 21 heavy (non-hydrogen) atoms. The van der Waals surface area contributed by atoms with Gasteiger partial charge in [-0.15, -0.1) is 0 Å². The third-order valence-electron chi connectivity index (χ3n) is 4.33. The monoisotopic (exact) mass is 286 g/mol. The molecule has 0 N–H and O–H groups in total. The summed E-state index contributed by atoms with van der Waals surface area (Å²) in [4.78, 5) is 21.4. The molecule has 0 saturated carbocycles. The van der Waals surface area contributed by atoms with Gasteiger partial charge < -0.3 is 9.64 Å². The summed E-state index contributed by atoms with van der Waals surface area (Å²) in [7, 11) is 0. The van der Waals surface area contributed by atoms with Crippen molar-refractivity contribution in [2.24, 2.45) is 0 Å². The maximum absolute atomic E-state index is 12.1. The summed E-state index contributed by atoms with van der Waals surface area (Å²) in [5.41, 5.74) is 0.681. The van der Waals surface area contributed by atoms with Crippen LogP contribution in [0, 0.1) is 0 Å². The fourth-order valence-electron chi connectivity index (χ4n) is 2.95. The van der Waals surface area contributed by atoms with Gasteiger partial charge in [0.05, 0.1) is 19.3 Å². The Morgan fingerprint density at radius 3 is 2.67 bits per heavy atom. The first-order valence-corrected chi connectivity index (χ1v) is 7.36. The number of ether oxygens (including phenoxy) is 1. The molecule has 0 aliphatic carbocycles. The van der Waals surface area contributed by atoms with Crippen LogP contribution in [0.4, 0.5) is 5.82 Å². The van der Waals surface area contributed by atoms with Crippen LogP contribution in [-0.4, -0.2) is 59.7 Å². The van der Waals surface area contributed by atoms with E-state index >= 15 is 0 Å². The number of hydrogen-bond acceptors (Lipinski definition) is 5. The van der Waals surface area contributed by atoms with Crippen molar-refractivity contribution in [1.82, 2.24) is 14.3 Å². The number of aromatic nitrogens is 2. The lowest BCUT2D eigenvalue weighted by molar-refractivity contribution is -0.0660. The predicted octanol–water partition coefficient (Wildman–Crippen LogP) is 0.215. The zero-order valence-corrected chi connectivity index (χ0v) is 11.8. The number of rotatable bonds is 2. The summed E-state index contributed by atoms with van der Waals surface area (Å²) >= 11 is 0. The molecular formula is C15H18N4O2. The van der Waals surface area contributed by atoms with E-state index in [0.29, 0.717) is 11.7 Å². The molecule has 2 aromatic rings. The molecule has 0 unspecified atom stereocenters. The fourth-order valence-corrected chi connectivity index (χ4v) is 2.95. The Morgan fingerprint density at radius 1 is 1.14 bits per heavy atom. The van der Waals surface area contributed by atoms with Crippen molar-refractivity contribution in [3.63, 3.8) is 0 Å². The molecule has 6 nitrogen and oxygen atoms in total.